The summed E-state index contributed by atoms with van der Waals surface area (Å²) in [6.45, 7) is 12.8. The summed E-state index contributed by atoms with van der Waals surface area (Å²) in [5.74, 6) is -0.859. The second-order valence-electron chi connectivity index (χ2n) is 9.87. The predicted octanol–water partition coefficient (Wildman–Crippen LogP) is 3.56. The van der Waals surface area contributed by atoms with Crippen LogP contribution in [0.15, 0.2) is 19.2 Å². The summed E-state index contributed by atoms with van der Waals surface area (Å²) in [5, 5.41) is 0. The molecule has 14 heteroatoms. The quantitative estimate of drug-likeness (QED) is 0.185. The number of ether oxygens (including phenoxy) is 3. The Balaban J connectivity index is 1.94. The Kier molecular flexibility index (Phi) is 9.72. The predicted molar refractivity (Wildman–Crippen MR) is 131 cm³/mol. The zero-order chi connectivity index (χ0) is 27.1. The summed E-state index contributed by atoms with van der Waals surface area (Å²) in [4.78, 5) is 36.2. The number of hydrogen-bond acceptors (Lipinski definition) is 12. The average Bonchev–Trinajstić information content (AvgIpc) is 3.21. The van der Waals surface area contributed by atoms with Crippen LogP contribution in [0.25, 0.3) is 16.9 Å². The molecule has 200 valence electrons. The Morgan fingerprint density at radius 2 is 1.56 bits per heavy atom. The molecule has 0 unspecified atom stereocenters. The van der Waals surface area contributed by atoms with Crippen LogP contribution >= 0.6 is 7.60 Å². The molecular formula is C22H34N5O8P. The number of hydrogen-bond donors (Lipinski definition) is 1. The second-order valence-corrected chi connectivity index (χ2v) is 11.9. The van der Waals surface area contributed by atoms with Gasteiger partial charge in [-0.15, -0.1) is 0 Å². The molecule has 0 saturated carbocycles. The van der Waals surface area contributed by atoms with E-state index in [-0.39, 0.29) is 12.4 Å². The van der Waals surface area contributed by atoms with E-state index >= 15 is 0 Å². The maximum Gasteiger partial charge on any atom is 0.361 e. The number of rotatable bonds is 12. The van der Waals surface area contributed by atoms with Crippen molar-refractivity contribution in [3.05, 3.63) is 19.2 Å². The van der Waals surface area contributed by atoms with Crippen molar-refractivity contribution < 1.29 is 37.4 Å². The van der Waals surface area contributed by atoms with Crippen LogP contribution in [0, 0.1) is 10.8 Å². The minimum absolute atomic E-state index is 0.0827. The van der Waals surface area contributed by atoms with Crippen LogP contribution in [0.2, 0.25) is 0 Å². The molecule has 0 bridgehead atoms. The number of imidazole rings is 1. The van der Waals surface area contributed by atoms with Crippen LogP contribution in [-0.2, 0) is 37.4 Å². The molecule has 2 aromatic rings. The number of nitrogens with two attached hydrogens (primary N) is 1. The van der Waals surface area contributed by atoms with Crippen molar-refractivity contribution in [2.75, 3.05) is 32.3 Å². The highest BCUT2D eigenvalue weighted by molar-refractivity contribution is 7.53. The lowest BCUT2D eigenvalue weighted by Gasteiger charge is -2.22. The van der Waals surface area contributed by atoms with Crippen molar-refractivity contribution in [1.82, 2.24) is 19.5 Å². The SMILES string of the molecule is C=C(CCOCP(=O)(OCOC(=O)C(C)(C)C)OCOC(=O)C(C)(C)C)n1cnc2c(N)ncnc21. The van der Waals surface area contributed by atoms with E-state index in [2.05, 4.69) is 21.5 Å². The number of carbonyl (C=O) groups is 2. The van der Waals surface area contributed by atoms with Crippen molar-refractivity contribution >= 4 is 42.2 Å². The first-order valence-corrected chi connectivity index (χ1v) is 12.8. The number of anilines is 1. The molecule has 0 amide bonds. The normalized spacial score (nSPS) is 12.5. The van der Waals surface area contributed by atoms with Gasteiger partial charge in [0.2, 0.25) is 13.6 Å². The van der Waals surface area contributed by atoms with Gasteiger partial charge >= 0.3 is 19.5 Å². The Morgan fingerprint density at radius 1 is 1.00 bits per heavy atom. The van der Waals surface area contributed by atoms with Crippen molar-refractivity contribution in [1.29, 1.82) is 0 Å². The molecule has 0 spiro atoms. The highest BCUT2D eigenvalue weighted by atomic mass is 31.2. The van der Waals surface area contributed by atoms with Crippen LogP contribution < -0.4 is 5.73 Å². The van der Waals surface area contributed by atoms with Gasteiger partial charge in [0, 0.05) is 12.1 Å². The van der Waals surface area contributed by atoms with Gasteiger partial charge in [-0.05, 0) is 41.5 Å². The zero-order valence-electron chi connectivity index (χ0n) is 21.5. The van der Waals surface area contributed by atoms with E-state index in [9.17, 15) is 14.2 Å². The van der Waals surface area contributed by atoms with E-state index in [4.69, 9.17) is 29.0 Å². The van der Waals surface area contributed by atoms with E-state index in [1.807, 2.05) is 0 Å². The highest BCUT2D eigenvalue weighted by Gasteiger charge is 2.30. The molecule has 0 aliphatic rings. The van der Waals surface area contributed by atoms with Crippen LogP contribution in [0.3, 0.4) is 0 Å². The summed E-state index contributed by atoms with van der Waals surface area (Å²) in [6, 6.07) is 0. The Hall–Kier alpha value is -2.86. The van der Waals surface area contributed by atoms with Crippen molar-refractivity contribution in [2.45, 2.75) is 48.0 Å². The second kappa shape index (κ2) is 11.9. The van der Waals surface area contributed by atoms with E-state index in [1.165, 1.54) is 12.7 Å². The van der Waals surface area contributed by atoms with Crippen LogP contribution in [-0.4, -0.2) is 58.0 Å². The highest BCUT2D eigenvalue weighted by Crippen LogP contribution is 2.48. The van der Waals surface area contributed by atoms with Gasteiger partial charge in [0.15, 0.2) is 17.0 Å². The average molecular weight is 528 g/mol. The van der Waals surface area contributed by atoms with Gasteiger partial charge < -0.3 is 19.9 Å². The summed E-state index contributed by atoms with van der Waals surface area (Å²) >= 11 is 0. The minimum Gasteiger partial charge on any atom is -0.438 e. The first kappa shape index (κ1) is 29.4. The Morgan fingerprint density at radius 3 is 2.08 bits per heavy atom. The van der Waals surface area contributed by atoms with Gasteiger partial charge in [0.25, 0.3) is 0 Å². The van der Waals surface area contributed by atoms with Gasteiger partial charge in [0.05, 0.1) is 17.4 Å². The fourth-order valence-corrected chi connectivity index (χ4v) is 3.44. The lowest BCUT2D eigenvalue weighted by molar-refractivity contribution is -0.162. The monoisotopic (exact) mass is 527 g/mol. The molecule has 0 aliphatic heterocycles. The summed E-state index contributed by atoms with van der Waals surface area (Å²) in [5.41, 5.74) is 5.77. The smallest absolute Gasteiger partial charge is 0.361 e. The van der Waals surface area contributed by atoms with Crippen LogP contribution in [0.5, 0.6) is 0 Å². The first-order valence-electron chi connectivity index (χ1n) is 11.1. The third-order valence-corrected chi connectivity index (χ3v) is 6.09. The van der Waals surface area contributed by atoms with Gasteiger partial charge in [-0.25, -0.2) is 15.0 Å². The molecule has 0 atom stereocenters. The minimum atomic E-state index is -3.96. The molecule has 2 aromatic heterocycles. The summed E-state index contributed by atoms with van der Waals surface area (Å²) in [7, 11) is -3.96. The third kappa shape index (κ3) is 8.37. The number of carbonyl (C=O) groups excluding carboxylic acids is 2. The van der Waals surface area contributed by atoms with E-state index in [1.54, 1.807) is 46.1 Å². The third-order valence-electron chi connectivity index (χ3n) is 4.59. The fraction of sp³-hybridized carbons (Fsp3) is 0.591. The molecule has 2 N–H and O–H groups in total. The van der Waals surface area contributed by atoms with Crippen molar-refractivity contribution in [3.63, 3.8) is 0 Å². The Labute approximate surface area is 209 Å². The first-order chi connectivity index (χ1) is 16.6. The standard InChI is InChI=1S/C22H34N5O8P/c1-15(27-11-26-16-17(23)24-10-25-18(16)27)8-9-31-14-36(30,34-12-32-19(28)21(2,3)4)35-13-33-20(29)22(5,6)7/h10-11H,1,8-9,12-14H2,2-7H3,(H2,23,24,25). The van der Waals surface area contributed by atoms with Gasteiger partial charge in [-0.3, -0.25) is 27.8 Å². The van der Waals surface area contributed by atoms with E-state index in [0.29, 0.717) is 23.3 Å². The molecule has 13 nitrogen and oxygen atoms in total. The van der Waals surface area contributed by atoms with E-state index in [0.717, 1.165) is 0 Å². The molecule has 0 saturated heterocycles. The van der Waals surface area contributed by atoms with E-state index < -0.39 is 50.3 Å². The Bertz CT molecular complexity index is 1100. The van der Waals surface area contributed by atoms with Gasteiger partial charge in [-0.1, -0.05) is 6.58 Å². The largest absolute Gasteiger partial charge is 0.438 e. The van der Waals surface area contributed by atoms with Crippen molar-refractivity contribution in [3.8, 4) is 0 Å². The number of aromatic nitrogens is 4. The zero-order valence-corrected chi connectivity index (χ0v) is 22.4. The number of nitrogens with zero attached hydrogens (tertiary/aromatic N) is 4. The van der Waals surface area contributed by atoms with Gasteiger partial charge in [0.1, 0.15) is 19.0 Å². The molecule has 2 heterocycles. The van der Waals surface area contributed by atoms with Crippen LogP contribution in [0.4, 0.5) is 5.82 Å². The topological polar surface area (TPSA) is 167 Å². The fourth-order valence-electron chi connectivity index (χ4n) is 2.44. The number of fused-ring (bicyclic) bond motifs is 1. The summed E-state index contributed by atoms with van der Waals surface area (Å²) in [6.07, 6.45) is 2.67. The number of nitrogen functional groups attached to an aromatic ring is 1. The molecule has 0 radical (unpaired) electrons. The molecular weight excluding hydrogens is 493 g/mol. The molecule has 36 heavy (non-hydrogen) atoms. The molecule has 2 rings (SSSR count). The summed E-state index contributed by atoms with van der Waals surface area (Å²) < 4.78 is 40.7. The lowest BCUT2D eigenvalue weighted by atomic mass is 9.98. The number of esters is 2. The molecule has 0 fully saturated rings. The maximum atomic E-state index is 13.1. The van der Waals surface area contributed by atoms with Crippen LogP contribution in [0.1, 0.15) is 48.0 Å². The van der Waals surface area contributed by atoms with Crippen molar-refractivity contribution in [2.24, 2.45) is 10.8 Å². The maximum absolute atomic E-state index is 13.1. The molecule has 0 aromatic carbocycles. The van der Waals surface area contributed by atoms with Gasteiger partial charge in [-0.2, -0.15) is 0 Å². The molecule has 0 aliphatic carbocycles. The lowest BCUT2D eigenvalue weighted by Crippen LogP contribution is -2.25.